The van der Waals surface area contributed by atoms with E-state index in [0.29, 0.717) is 25.3 Å². The number of halogens is 3. The second kappa shape index (κ2) is 7.70. The van der Waals surface area contributed by atoms with Crippen LogP contribution in [0, 0.1) is 0 Å². The van der Waals surface area contributed by atoms with E-state index < -0.39 is 17.8 Å². The third kappa shape index (κ3) is 4.04. The van der Waals surface area contributed by atoms with Crippen LogP contribution in [-0.4, -0.2) is 59.3 Å². The van der Waals surface area contributed by atoms with Gasteiger partial charge in [0.15, 0.2) is 0 Å². The largest absolute Gasteiger partial charge is 0.465 e. The van der Waals surface area contributed by atoms with Crippen LogP contribution in [0.1, 0.15) is 49.7 Å². The number of amides is 1. The number of carboxylic acid groups (broad SMARTS) is 1. The normalized spacial score (nSPS) is 22.6. The number of rotatable bonds is 3. The summed E-state index contributed by atoms with van der Waals surface area (Å²) in [6.07, 6.45) is 0.461. The monoisotopic (exact) mass is 411 g/mol. The highest BCUT2D eigenvalue weighted by atomic mass is 19.4. The van der Waals surface area contributed by atoms with Crippen molar-refractivity contribution in [3.05, 3.63) is 29.3 Å². The van der Waals surface area contributed by atoms with Crippen LogP contribution in [-0.2, 0) is 12.7 Å². The zero-order valence-corrected chi connectivity index (χ0v) is 16.5. The minimum Gasteiger partial charge on any atom is -0.465 e. The Bertz CT molecular complexity index is 754. The number of benzene rings is 1. The number of hydrogen-bond acceptors (Lipinski definition) is 3. The first-order valence-electron chi connectivity index (χ1n) is 10.5. The zero-order chi connectivity index (χ0) is 20.6. The van der Waals surface area contributed by atoms with Crippen molar-refractivity contribution >= 4 is 11.8 Å². The molecule has 160 valence electrons. The molecule has 0 saturated carbocycles. The SMILES string of the molecule is O=C(O)N1CCC2(CCCN2Cc2ccc(C(F)(F)F)cc2N2CCCC2)CC1. The average Bonchev–Trinajstić information content (AvgIpc) is 3.33. The molecule has 1 aromatic carbocycles. The lowest BCUT2D eigenvalue weighted by atomic mass is 9.84. The van der Waals surface area contributed by atoms with Gasteiger partial charge in [0.25, 0.3) is 0 Å². The minimum atomic E-state index is -4.34. The minimum absolute atomic E-state index is 0.0308. The van der Waals surface area contributed by atoms with Gasteiger partial charge in [-0.05, 0) is 62.8 Å². The Balaban J connectivity index is 1.57. The van der Waals surface area contributed by atoms with Crippen molar-refractivity contribution in [1.82, 2.24) is 9.80 Å². The second-order valence-corrected chi connectivity index (χ2v) is 8.55. The van der Waals surface area contributed by atoms with Crippen LogP contribution in [0.15, 0.2) is 18.2 Å². The summed E-state index contributed by atoms with van der Waals surface area (Å²) in [5.74, 6) is 0. The summed E-state index contributed by atoms with van der Waals surface area (Å²) < 4.78 is 39.9. The number of piperidine rings is 1. The van der Waals surface area contributed by atoms with Crippen molar-refractivity contribution in [2.24, 2.45) is 0 Å². The summed E-state index contributed by atoms with van der Waals surface area (Å²) in [5.41, 5.74) is 1.04. The van der Waals surface area contributed by atoms with Crippen LogP contribution >= 0.6 is 0 Å². The molecular formula is C21H28F3N3O2. The van der Waals surface area contributed by atoms with Crippen molar-refractivity contribution in [3.63, 3.8) is 0 Å². The number of anilines is 1. The van der Waals surface area contributed by atoms with Gasteiger partial charge in [-0.3, -0.25) is 4.90 Å². The van der Waals surface area contributed by atoms with Crippen LogP contribution in [0.3, 0.4) is 0 Å². The van der Waals surface area contributed by atoms with Gasteiger partial charge >= 0.3 is 12.3 Å². The Labute approximate surface area is 169 Å². The van der Waals surface area contributed by atoms with Gasteiger partial charge in [0.1, 0.15) is 0 Å². The van der Waals surface area contributed by atoms with Gasteiger partial charge in [-0.2, -0.15) is 13.2 Å². The number of nitrogens with zero attached hydrogens (tertiary/aromatic N) is 3. The quantitative estimate of drug-likeness (QED) is 0.800. The number of likely N-dealkylation sites (tertiary alicyclic amines) is 2. The third-order valence-electron chi connectivity index (χ3n) is 6.93. The van der Waals surface area contributed by atoms with E-state index in [9.17, 15) is 23.1 Å². The van der Waals surface area contributed by atoms with E-state index in [2.05, 4.69) is 9.80 Å². The highest BCUT2D eigenvalue weighted by Crippen LogP contribution is 2.41. The van der Waals surface area contributed by atoms with Crippen LogP contribution in [0.25, 0.3) is 0 Å². The molecule has 3 aliphatic heterocycles. The fourth-order valence-corrected chi connectivity index (χ4v) is 5.25. The van der Waals surface area contributed by atoms with Crippen molar-refractivity contribution in [2.75, 3.05) is 37.6 Å². The van der Waals surface area contributed by atoms with Crippen molar-refractivity contribution < 1.29 is 23.1 Å². The molecule has 0 unspecified atom stereocenters. The summed E-state index contributed by atoms with van der Waals surface area (Å²) in [7, 11) is 0. The molecule has 3 saturated heterocycles. The molecule has 3 heterocycles. The Hall–Kier alpha value is -1.96. The maximum atomic E-state index is 13.3. The smallest absolute Gasteiger partial charge is 0.416 e. The summed E-state index contributed by atoms with van der Waals surface area (Å²) in [4.78, 5) is 17.2. The molecule has 1 N–H and O–H groups in total. The Morgan fingerprint density at radius 3 is 2.31 bits per heavy atom. The van der Waals surface area contributed by atoms with Crippen molar-refractivity contribution in [1.29, 1.82) is 0 Å². The molecule has 0 radical (unpaired) electrons. The summed E-state index contributed by atoms with van der Waals surface area (Å²) in [6, 6.07) is 4.16. The highest BCUT2D eigenvalue weighted by Gasteiger charge is 2.44. The first-order chi connectivity index (χ1) is 13.8. The molecule has 29 heavy (non-hydrogen) atoms. The van der Waals surface area contributed by atoms with Gasteiger partial charge in [0.2, 0.25) is 0 Å². The van der Waals surface area contributed by atoms with E-state index in [-0.39, 0.29) is 5.54 Å². The van der Waals surface area contributed by atoms with Crippen molar-refractivity contribution in [2.45, 2.75) is 56.8 Å². The highest BCUT2D eigenvalue weighted by molar-refractivity contribution is 5.65. The lowest BCUT2D eigenvalue weighted by Crippen LogP contribution is -2.52. The molecule has 4 rings (SSSR count). The predicted molar refractivity (Wildman–Crippen MR) is 104 cm³/mol. The van der Waals surface area contributed by atoms with Crippen LogP contribution in [0.4, 0.5) is 23.7 Å². The van der Waals surface area contributed by atoms with E-state index in [1.165, 1.54) is 17.0 Å². The van der Waals surface area contributed by atoms with E-state index in [4.69, 9.17) is 0 Å². The van der Waals surface area contributed by atoms with Crippen molar-refractivity contribution in [3.8, 4) is 0 Å². The van der Waals surface area contributed by atoms with Crippen LogP contribution < -0.4 is 4.90 Å². The lowest BCUT2D eigenvalue weighted by molar-refractivity contribution is -0.137. The molecule has 1 amide bonds. The van der Waals surface area contributed by atoms with Gasteiger partial charge in [0, 0.05) is 44.0 Å². The molecule has 1 spiro atoms. The first kappa shape index (κ1) is 20.3. The number of carbonyl (C=O) groups is 1. The van der Waals surface area contributed by atoms with E-state index in [0.717, 1.165) is 63.7 Å². The average molecular weight is 411 g/mol. The first-order valence-corrected chi connectivity index (χ1v) is 10.5. The summed E-state index contributed by atoms with van der Waals surface area (Å²) >= 11 is 0. The van der Waals surface area contributed by atoms with Gasteiger partial charge in [-0.25, -0.2) is 4.79 Å². The molecule has 8 heteroatoms. The van der Waals surface area contributed by atoms with E-state index in [1.54, 1.807) is 6.07 Å². The molecule has 0 bridgehead atoms. The van der Waals surface area contributed by atoms with Crippen LogP contribution in [0.2, 0.25) is 0 Å². The standard InChI is InChI=1S/C21H28F3N3O2/c22-21(23,24)17-5-4-16(18(14-17)25-9-1-2-10-25)15-27-11-3-6-20(27)7-12-26(13-8-20)19(28)29/h4-5,14H,1-3,6-13,15H2,(H,28,29). The fraction of sp³-hybridized carbons (Fsp3) is 0.667. The molecule has 1 aromatic rings. The van der Waals surface area contributed by atoms with Gasteiger partial charge in [-0.15, -0.1) is 0 Å². The molecule has 0 aliphatic carbocycles. The Morgan fingerprint density at radius 1 is 1.00 bits per heavy atom. The molecule has 3 aliphatic rings. The van der Waals surface area contributed by atoms with Gasteiger partial charge in [0.05, 0.1) is 5.56 Å². The summed E-state index contributed by atoms with van der Waals surface area (Å²) in [6.45, 7) is 4.18. The van der Waals surface area contributed by atoms with E-state index in [1.807, 2.05) is 0 Å². The maximum Gasteiger partial charge on any atom is 0.416 e. The molecular weight excluding hydrogens is 383 g/mol. The molecule has 0 atom stereocenters. The van der Waals surface area contributed by atoms with E-state index >= 15 is 0 Å². The lowest BCUT2D eigenvalue weighted by Gasteiger charge is -2.44. The Kier molecular flexibility index (Phi) is 5.40. The molecule has 5 nitrogen and oxygen atoms in total. The number of hydrogen-bond donors (Lipinski definition) is 1. The second-order valence-electron chi connectivity index (χ2n) is 8.55. The summed E-state index contributed by atoms with van der Waals surface area (Å²) in [5, 5.41) is 9.23. The molecule has 0 aromatic heterocycles. The third-order valence-corrected chi connectivity index (χ3v) is 6.93. The maximum absolute atomic E-state index is 13.3. The predicted octanol–water partition coefficient (Wildman–Crippen LogP) is 4.41. The number of alkyl halides is 3. The van der Waals surface area contributed by atoms with Gasteiger partial charge < -0.3 is 14.9 Å². The topological polar surface area (TPSA) is 47.0 Å². The fourth-order valence-electron chi connectivity index (χ4n) is 5.25. The zero-order valence-electron chi connectivity index (χ0n) is 16.5. The van der Waals surface area contributed by atoms with Crippen LogP contribution in [0.5, 0.6) is 0 Å². The molecule has 3 fully saturated rings. The Morgan fingerprint density at radius 2 is 1.69 bits per heavy atom. The van der Waals surface area contributed by atoms with Gasteiger partial charge in [-0.1, -0.05) is 6.07 Å².